The van der Waals surface area contributed by atoms with E-state index >= 15 is 0 Å². The summed E-state index contributed by atoms with van der Waals surface area (Å²) in [5.41, 5.74) is 0.901. The molecule has 0 spiro atoms. The Kier molecular flexibility index (Phi) is 11.1. The summed E-state index contributed by atoms with van der Waals surface area (Å²) in [5.74, 6) is -1.25. The summed E-state index contributed by atoms with van der Waals surface area (Å²) in [5, 5.41) is 6.36. The van der Waals surface area contributed by atoms with Crippen LogP contribution in [0.4, 0.5) is 15.0 Å². The highest BCUT2D eigenvalue weighted by Gasteiger charge is 2.31. The molecule has 0 radical (unpaired) electrons. The summed E-state index contributed by atoms with van der Waals surface area (Å²) in [4.78, 5) is 47.0. The Morgan fingerprint density at radius 1 is 1.18 bits per heavy atom. The molecule has 0 aliphatic carbocycles. The molecule has 2 rings (SSSR count). The van der Waals surface area contributed by atoms with Crippen LogP contribution in [0.2, 0.25) is 0 Å². The second-order valence-electron chi connectivity index (χ2n) is 8.39. The number of aromatic nitrogens is 1. The van der Waals surface area contributed by atoms with Crippen molar-refractivity contribution in [1.29, 1.82) is 0 Å². The highest BCUT2D eigenvalue weighted by Crippen LogP contribution is 2.18. The van der Waals surface area contributed by atoms with Crippen LogP contribution in [0, 0.1) is 17.7 Å². The summed E-state index contributed by atoms with van der Waals surface area (Å²) < 4.78 is 13.0. The van der Waals surface area contributed by atoms with Gasteiger partial charge in [0.05, 0.1) is 18.8 Å². The predicted octanol–water partition coefficient (Wildman–Crippen LogP) is 4.33. The molecule has 9 heteroatoms. The van der Waals surface area contributed by atoms with Gasteiger partial charge in [0, 0.05) is 5.92 Å². The molecule has 2 atom stereocenters. The number of ketones is 1. The molecule has 34 heavy (non-hydrogen) atoms. The highest BCUT2D eigenvalue weighted by molar-refractivity contribution is 5.94. The summed E-state index contributed by atoms with van der Waals surface area (Å²) in [6, 6.07) is 10.5. The minimum atomic E-state index is -0.787. The lowest BCUT2D eigenvalue weighted by Crippen LogP contribution is -2.50. The molecule has 184 valence electrons. The van der Waals surface area contributed by atoms with Crippen molar-refractivity contribution in [3.63, 3.8) is 0 Å². The van der Waals surface area contributed by atoms with Crippen LogP contribution < -0.4 is 10.6 Å². The zero-order valence-corrected chi connectivity index (χ0v) is 19.9. The maximum atomic E-state index is 13.4. The lowest BCUT2D eigenvalue weighted by molar-refractivity contribution is -0.182. The third kappa shape index (κ3) is 8.90. The van der Waals surface area contributed by atoms with Crippen LogP contribution in [0.1, 0.15) is 45.6 Å². The number of amides is 3. The Balaban J connectivity index is 2.06. The summed E-state index contributed by atoms with van der Waals surface area (Å²) >= 11 is 0. The van der Waals surface area contributed by atoms with E-state index in [1.54, 1.807) is 0 Å². The van der Waals surface area contributed by atoms with E-state index in [2.05, 4.69) is 15.6 Å². The van der Waals surface area contributed by atoms with Gasteiger partial charge in [-0.05, 0) is 30.0 Å². The Morgan fingerprint density at radius 2 is 1.91 bits per heavy atom. The Hall–Kier alpha value is -3.33. The van der Waals surface area contributed by atoms with Crippen LogP contribution in [0.25, 0.3) is 0 Å². The number of nitrogens with zero attached hydrogens (tertiary/aromatic N) is 2. The number of anilines is 1. The number of hydroxylamine groups is 2. The van der Waals surface area contributed by atoms with E-state index in [4.69, 9.17) is 4.84 Å². The first-order valence-corrected chi connectivity index (χ1v) is 11.5. The van der Waals surface area contributed by atoms with Gasteiger partial charge in [0.2, 0.25) is 6.41 Å². The maximum absolute atomic E-state index is 13.4. The van der Waals surface area contributed by atoms with E-state index in [0.717, 1.165) is 29.7 Å². The largest absolute Gasteiger partial charge is 0.328 e. The zero-order valence-electron chi connectivity index (χ0n) is 19.9. The second-order valence-corrected chi connectivity index (χ2v) is 8.39. The van der Waals surface area contributed by atoms with E-state index in [-0.39, 0.29) is 30.7 Å². The standard InChI is InChI=1S/C25H33FN4O4/c1-4-5-11-20(15-30(17-31)34-16-19-9-7-6-8-10-19)24(32)23(18(2)3)29-25(33)28-22-13-12-21(26)14-27-22/h6-10,12-14,17-18,20,23H,4-5,11,15-16H2,1-3H3,(H2,27,28,29,33)/t20-,23+/m1/s1. The zero-order chi connectivity index (χ0) is 24.9. The molecule has 1 heterocycles. The summed E-state index contributed by atoms with van der Waals surface area (Å²) in [6.45, 7) is 5.97. The number of Topliss-reactive ketones (excluding diaryl/α,β-unsaturated/α-hetero) is 1. The van der Waals surface area contributed by atoms with Gasteiger partial charge in [0.25, 0.3) is 0 Å². The molecule has 3 amide bonds. The highest BCUT2D eigenvalue weighted by atomic mass is 19.1. The van der Waals surface area contributed by atoms with Crippen molar-refractivity contribution in [3.8, 4) is 0 Å². The quantitative estimate of drug-likeness (QED) is 0.315. The van der Waals surface area contributed by atoms with Crippen LogP contribution in [0.3, 0.4) is 0 Å². The normalized spacial score (nSPS) is 12.6. The molecule has 0 bridgehead atoms. The number of carbonyl (C=O) groups excluding carboxylic acids is 3. The van der Waals surface area contributed by atoms with Gasteiger partial charge in [-0.1, -0.05) is 63.9 Å². The summed E-state index contributed by atoms with van der Waals surface area (Å²) in [6.07, 6.45) is 3.79. The average Bonchev–Trinajstić information content (AvgIpc) is 2.83. The predicted molar refractivity (Wildman–Crippen MR) is 127 cm³/mol. The Labute approximate surface area is 199 Å². The fourth-order valence-electron chi connectivity index (χ4n) is 3.41. The van der Waals surface area contributed by atoms with E-state index in [1.807, 2.05) is 51.1 Å². The number of carbonyl (C=O) groups is 3. The summed E-state index contributed by atoms with van der Waals surface area (Å²) in [7, 11) is 0. The molecular weight excluding hydrogens is 439 g/mol. The van der Waals surface area contributed by atoms with E-state index in [1.165, 1.54) is 12.1 Å². The monoisotopic (exact) mass is 472 g/mol. The van der Waals surface area contributed by atoms with Gasteiger partial charge >= 0.3 is 6.03 Å². The van der Waals surface area contributed by atoms with Crippen LogP contribution >= 0.6 is 0 Å². The molecule has 2 N–H and O–H groups in total. The van der Waals surface area contributed by atoms with Crippen molar-refractivity contribution >= 4 is 24.0 Å². The number of rotatable bonds is 14. The smallest absolute Gasteiger partial charge is 0.320 e. The van der Waals surface area contributed by atoms with E-state index in [9.17, 15) is 18.8 Å². The molecule has 0 saturated carbocycles. The molecule has 1 aromatic carbocycles. The van der Waals surface area contributed by atoms with Gasteiger partial charge in [0.15, 0.2) is 5.78 Å². The number of nitrogens with one attached hydrogen (secondary N) is 2. The van der Waals surface area contributed by atoms with Gasteiger partial charge in [-0.2, -0.15) is 0 Å². The van der Waals surface area contributed by atoms with Crippen molar-refractivity contribution in [2.45, 2.75) is 52.7 Å². The van der Waals surface area contributed by atoms with E-state index in [0.29, 0.717) is 12.8 Å². The Morgan fingerprint density at radius 3 is 2.50 bits per heavy atom. The van der Waals surface area contributed by atoms with Crippen LogP contribution in [-0.4, -0.2) is 40.9 Å². The van der Waals surface area contributed by atoms with Gasteiger partial charge in [-0.25, -0.2) is 19.2 Å². The molecular formula is C25H33FN4O4. The lowest BCUT2D eigenvalue weighted by Gasteiger charge is -2.28. The number of hydrogen-bond acceptors (Lipinski definition) is 5. The van der Waals surface area contributed by atoms with Gasteiger partial charge in [-0.3, -0.25) is 19.7 Å². The number of hydrogen-bond donors (Lipinski definition) is 2. The molecule has 2 aromatic rings. The fraction of sp³-hybridized carbons (Fsp3) is 0.440. The second kappa shape index (κ2) is 14.0. The van der Waals surface area contributed by atoms with Crippen molar-refractivity contribution in [2.75, 3.05) is 11.9 Å². The molecule has 0 saturated heterocycles. The Bertz CT molecular complexity index is 909. The number of unbranched alkanes of at least 4 members (excludes halogenated alkanes) is 1. The third-order valence-corrected chi connectivity index (χ3v) is 5.30. The van der Waals surface area contributed by atoms with Gasteiger partial charge < -0.3 is 5.32 Å². The molecule has 0 aliphatic rings. The molecule has 1 aromatic heterocycles. The lowest BCUT2D eigenvalue weighted by atomic mass is 9.87. The minimum absolute atomic E-state index is 0.0845. The maximum Gasteiger partial charge on any atom is 0.320 e. The van der Waals surface area contributed by atoms with Crippen molar-refractivity contribution in [1.82, 2.24) is 15.4 Å². The first kappa shape index (κ1) is 26.9. The van der Waals surface area contributed by atoms with Crippen molar-refractivity contribution in [3.05, 3.63) is 60.0 Å². The van der Waals surface area contributed by atoms with Crippen molar-refractivity contribution in [2.24, 2.45) is 11.8 Å². The van der Waals surface area contributed by atoms with Crippen molar-refractivity contribution < 1.29 is 23.6 Å². The third-order valence-electron chi connectivity index (χ3n) is 5.30. The van der Waals surface area contributed by atoms with Gasteiger partial charge in [0.1, 0.15) is 18.2 Å². The average molecular weight is 473 g/mol. The van der Waals surface area contributed by atoms with Crippen LogP contribution in [0.5, 0.6) is 0 Å². The molecule has 0 unspecified atom stereocenters. The SMILES string of the molecule is CCCC[C@H](CN(C=O)OCc1ccccc1)C(=O)[C@@H](NC(=O)Nc1ccc(F)cn1)C(C)C. The molecule has 0 aliphatic heterocycles. The topological polar surface area (TPSA) is 101 Å². The number of benzene rings is 1. The molecule has 8 nitrogen and oxygen atoms in total. The first-order valence-electron chi connectivity index (χ1n) is 11.5. The minimum Gasteiger partial charge on any atom is -0.328 e. The van der Waals surface area contributed by atoms with E-state index < -0.39 is 23.8 Å². The number of halogens is 1. The number of urea groups is 1. The van der Waals surface area contributed by atoms with Crippen LogP contribution in [-0.2, 0) is 21.0 Å². The fourth-order valence-corrected chi connectivity index (χ4v) is 3.41. The number of pyridine rings is 1. The first-order chi connectivity index (χ1) is 16.3. The van der Waals surface area contributed by atoms with Crippen LogP contribution in [0.15, 0.2) is 48.7 Å². The van der Waals surface area contributed by atoms with Gasteiger partial charge in [-0.15, -0.1) is 0 Å². The molecule has 0 fully saturated rings.